The SMILES string of the molecule is Cc1cccn2c(=O)nc(-c3ccccc3)nc12. The molecule has 0 bridgehead atoms. The maximum absolute atomic E-state index is 11.9. The highest BCUT2D eigenvalue weighted by Crippen LogP contribution is 2.14. The zero-order chi connectivity index (χ0) is 12.5. The summed E-state index contributed by atoms with van der Waals surface area (Å²) in [6.07, 6.45) is 1.68. The van der Waals surface area contributed by atoms with Crippen LogP contribution in [0.2, 0.25) is 0 Å². The second-order valence-corrected chi connectivity index (χ2v) is 4.08. The van der Waals surface area contributed by atoms with Crippen LogP contribution in [-0.4, -0.2) is 14.4 Å². The number of aryl methyl sites for hydroxylation is 1. The van der Waals surface area contributed by atoms with Crippen molar-refractivity contribution < 1.29 is 0 Å². The van der Waals surface area contributed by atoms with Gasteiger partial charge in [0.05, 0.1) is 0 Å². The first-order chi connectivity index (χ1) is 8.75. The molecule has 0 N–H and O–H groups in total. The number of rotatable bonds is 1. The van der Waals surface area contributed by atoms with Crippen LogP contribution in [0.1, 0.15) is 5.56 Å². The van der Waals surface area contributed by atoms with E-state index >= 15 is 0 Å². The molecule has 0 spiro atoms. The number of pyridine rings is 1. The summed E-state index contributed by atoms with van der Waals surface area (Å²) >= 11 is 0. The lowest BCUT2D eigenvalue weighted by Gasteiger charge is -2.04. The number of hydrogen-bond acceptors (Lipinski definition) is 3. The Hall–Kier alpha value is -2.49. The molecule has 3 aromatic rings. The highest BCUT2D eigenvalue weighted by Gasteiger charge is 2.06. The topological polar surface area (TPSA) is 47.3 Å². The van der Waals surface area contributed by atoms with E-state index in [-0.39, 0.29) is 5.69 Å². The van der Waals surface area contributed by atoms with Crippen LogP contribution in [0.25, 0.3) is 17.0 Å². The first-order valence-corrected chi connectivity index (χ1v) is 5.67. The van der Waals surface area contributed by atoms with Gasteiger partial charge in [0.2, 0.25) is 0 Å². The van der Waals surface area contributed by atoms with E-state index in [1.165, 1.54) is 4.40 Å². The lowest BCUT2D eigenvalue weighted by Crippen LogP contribution is -2.19. The molecule has 4 nitrogen and oxygen atoms in total. The van der Waals surface area contributed by atoms with Crippen LogP contribution in [0.5, 0.6) is 0 Å². The van der Waals surface area contributed by atoms with Crippen molar-refractivity contribution in [1.29, 1.82) is 0 Å². The fourth-order valence-electron chi connectivity index (χ4n) is 1.89. The van der Waals surface area contributed by atoms with Crippen LogP contribution in [0.15, 0.2) is 53.5 Å². The van der Waals surface area contributed by atoms with E-state index in [1.54, 1.807) is 6.20 Å². The van der Waals surface area contributed by atoms with Gasteiger partial charge in [-0.05, 0) is 18.6 Å². The molecule has 2 heterocycles. The maximum atomic E-state index is 11.9. The second-order valence-electron chi connectivity index (χ2n) is 4.08. The van der Waals surface area contributed by atoms with E-state index in [0.717, 1.165) is 11.1 Å². The van der Waals surface area contributed by atoms with E-state index in [0.29, 0.717) is 11.5 Å². The van der Waals surface area contributed by atoms with Crippen molar-refractivity contribution in [2.24, 2.45) is 0 Å². The number of hydrogen-bond donors (Lipinski definition) is 0. The molecular formula is C14H11N3O. The Morgan fingerprint density at radius 1 is 1.00 bits per heavy atom. The molecule has 0 fully saturated rings. The molecule has 0 aliphatic carbocycles. The van der Waals surface area contributed by atoms with Crippen LogP contribution < -0.4 is 5.69 Å². The quantitative estimate of drug-likeness (QED) is 0.651. The highest BCUT2D eigenvalue weighted by atomic mass is 16.1. The molecule has 88 valence electrons. The van der Waals surface area contributed by atoms with E-state index in [2.05, 4.69) is 9.97 Å². The molecule has 0 saturated carbocycles. The lowest BCUT2D eigenvalue weighted by molar-refractivity contribution is 0.941. The molecule has 0 saturated heterocycles. The Labute approximate surface area is 104 Å². The van der Waals surface area contributed by atoms with E-state index < -0.39 is 0 Å². The van der Waals surface area contributed by atoms with Gasteiger partial charge < -0.3 is 0 Å². The molecule has 3 rings (SSSR count). The summed E-state index contributed by atoms with van der Waals surface area (Å²) in [5.41, 5.74) is 2.15. The maximum Gasteiger partial charge on any atom is 0.355 e. The smallest absolute Gasteiger partial charge is 0.251 e. The third-order valence-electron chi connectivity index (χ3n) is 2.81. The molecule has 0 aliphatic rings. The van der Waals surface area contributed by atoms with Crippen molar-refractivity contribution in [2.75, 3.05) is 0 Å². The van der Waals surface area contributed by atoms with E-state index in [4.69, 9.17) is 0 Å². The van der Waals surface area contributed by atoms with Crippen molar-refractivity contribution >= 4 is 5.65 Å². The third-order valence-corrected chi connectivity index (χ3v) is 2.81. The number of benzene rings is 1. The Morgan fingerprint density at radius 2 is 1.78 bits per heavy atom. The van der Waals surface area contributed by atoms with E-state index in [9.17, 15) is 4.79 Å². The van der Waals surface area contributed by atoms with E-state index in [1.807, 2.05) is 49.4 Å². The fourth-order valence-corrected chi connectivity index (χ4v) is 1.89. The molecule has 0 atom stereocenters. The van der Waals surface area contributed by atoms with Gasteiger partial charge in [-0.25, -0.2) is 9.78 Å². The largest absolute Gasteiger partial charge is 0.355 e. The lowest BCUT2D eigenvalue weighted by atomic mass is 10.2. The van der Waals surface area contributed by atoms with Gasteiger partial charge in [-0.1, -0.05) is 36.4 Å². The summed E-state index contributed by atoms with van der Waals surface area (Å²) in [6.45, 7) is 1.93. The van der Waals surface area contributed by atoms with Crippen molar-refractivity contribution in [1.82, 2.24) is 14.4 Å². The Morgan fingerprint density at radius 3 is 2.56 bits per heavy atom. The summed E-state index contributed by atoms with van der Waals surface area (Å²) in [4.78, 5) is 20.4. The van der Waals surface area contributed by atoms with Crippen molar-refractivity contribution in [2.45, 2.75) is 6.92 Å². The molecule has 0 radical (unpaired) electrons. The van der Waals surface area contributed by atoms with Gasteiger partial charge in [0, 0.05) is 11.8 Å². The molecule has 0 amide bonds. The standard InChI is InChI=1S/C14H11N3O/c1-10-6-5-9-17-13(10)15-12(16-14(17)18)11-7-3-2-4-8-11/h2-9H,1H3. The molecule has 4 heteroatoms. The first kappa shape index (κ1) is 10.7. The summed E-state index contributed by atoms with van der Waals surface area (Å²) in [5.74, 6) is 0.468. The molecule has 1 aromatic carbocycles. The molecule has 0 unspecified atom stereocenters. The summed E-state index contributed by atoms with van der Waals surface area (Å²) in [6, 6.07) is 13.2. The molecule has 2 aromatic heterocycles. The van der Waals surface area contributed by atoms with Crippen LogP contribution in [0, 0.1) is 6.92 Å². The average molecular weight is 237 g/mol. The third kappa shape index (κ3) is 1.68. The molecule has 18 heavy (non-hydrogen) atoms. The average Bonchev–Trinajstić information content (AvgIpc) is 2.41. The fraction of sp³-hybridized carbons (Fsp3) is 0.0714. The minimum absolute atomic E-state index is 0.303. The van der Waals surface area contributed by atoms with Gasteiger partial charge in [0.1, 0.15) is 5.65 Å². The zero-order valence-corrected chi connectivity index (χ0v) is 9.87. The normalized spacial score (nSPS) is 10.7. The summed E-state index contributed by atoms with van der Waals surface area (Å²) < 4.78 is 1.46. The Kier molecular flexibility index (Phi) is 2.41. The number of fused-ring (bicyclic) bond motifs is 1. The van der Waals surface area contributed by atoms with Crippen molar-refractivity contribution in [3.8, 4) is 11.4 Å². The van der Waals surface area contributed by atoms with Gasteiger partial charge >= 0.3 is 5.69 Å². The minimum atomic E-state index is -0.303. The first-order valence-electron chi connectivity index (χ1n) is 5.67. The number of nitrogens with zero attached hydrogens (tertiary/aromatic N) is 3. The van der Waals surface area contributed by atoms with Gasteiger partial charge in [0.25, 0.3) is 0 Å². The Balaban J connectivity index is 2.34. The number of aromatic nitrogens is 3. The van der Waals surface area contributed by atoms with Gasteiger partial charge in [-0.15, -0.1) is 0 Å². The molecular weight excluding hydrogens is 226 g/mol. The predicted molar refractivity (Wildman–Crippen MR) is 69.4 cm³/mol. The monoisotopic (exact) mass is 237 g/mol. The van der Waals surface area contributed by atoms with Crippen LogP contribution in [0.4, 0.5) is 0 Å². The summed E-state index contributed by atoms with van der Waals surface area (Å²) in [7, 11) is 0. The van der Waals surface area contributed by atoms with Crippen molar-refractivity contribution in [3.63, 3.8) is 0 Å². The van der Waals surface area contributed by atoms with Crippen LogP contribution >= 0.6 is 0 Å². The van der Waals surface area contributed by atoms with Gasteiger partial charge in [-0.3, -0.25) is 4.40 Å². The van der Waals surface area contributed by atoms with Crippen molar-refractivity contribution in [3.05, 3.63) is 64.7 Å². The van der Waals surface area contributed by atoms with Crippen LogP contribution in [-0.2, 0) is 0 Å². The summed E-state index contributed by atoms with van der Waals surface area (Å²) in [5, 5.41) is 0. The van der Waals surface area contributed by atoms with Gasteiger partial charge in [0.15, 0.2) is 5.82 Å². The van der Waals surface area contributed by atoms with Gasteiger partial charge in [-0.2, -0.15) is 4.98 Å². The van der Waals surface area contributed by atoms with Crippen LogP contribution in [0.3, 0.4) is 0 Å². The highest BCUT2D eigenvalue weighted by molar-refractivity contribution is 5.58. The minimum Gasteiger partial charge on any atom is -0.251 e. The molecule has 0 aliphatic heterocycles. The second kappa shape index (κ2) is 4.07. The Bertz CT molecular complexity index is 763. The predicted octanol–water partition coefficient (Wildman–Crippen LogP) is 2.06. The zero-order valence-electron chi connectivity index (χ0n) is 9.87.